The molecule has 4 heteroatoms. The highest BCUT2D eigenvalue weighted by atomic mass is 16.1. The number of Topliss-reactive ketones (excluding diaryl/α,β-unsaturated/α-hetero) is 1. The summed E-state index contributed by atoms with van der Waals surface area (Å²) in [7, 11) is 0. The lowest BCUT2D eigenvalue weighted by molar-refractivity contribution is 0.0931. The van der Waals surface area contributed by atoms with Crippen LogP contribution < -0.4 is 5.32 Å². The van der Waals surface area contributed by atoms with Crippen LogP contribution in [0.15, 0.2) is 30.3 Å². The normalized spacial score (nSPS) is 16.4. The van der Waals surface area contributed by atoms with Crippen molar-refractivity contribution in [2.45, 2.75) is 46.1 Å². The van der Waals surface area contributed by atoms with Crippen LogP contribution in [0.3, 0.4) is 0 Å². The van der Waals surface area contributed by atoms with Crippen LogP contribution in [-0.4, -0.2) is 16.7 Å². The average molecular weight is 322 g/mol. The van der Waals surface area contributed by atoms with Gasteiger partial charge in [-0.1, -0.05) is 24.3 Å². The first-order valence-corrected chi connectivity index (χ1v) is 8.35. The summed E-state index contributed by atoms with van der Waals surface area (Å²) >= 11 is 0. The Labute approximate surface area is 142 Å². The van der Waals surface area contributed by atoms with Crippen LogP contribution in [0.5, 0.6) is 0 Å². The molecule has 4 nitrogen and oxygen atoms in total. The molecule has 1 N–H and O–H groups in total. The van der Waals surface area contributed by atoms with E-state index in [2.05, 4.69) is 22.4 Å². The fourth-order valence-corrected chi connectivity index (χ4v) is 3.45. The third kappa shape index (κ3) is 3.09. The van der Waals surface area contributed by atoms with Crippen LogP contribution in [0.25, 0.3) is 0 Å². The van der Waals surface area contributed by atoms with Gasteiger partial charge < -0.3 is 5.32 Å². The minimum absolute atomic E-state index is 0.0175. The molecule has 1 aliphatic carbocycles. The first-order chi connectivity index (χ1) is 11.5. The van der Waals surface area contributed by atoms with E-state index in [1.165, 1.54) is 18.1 Å². The Bertz CT molecular complexity index is 811. The number of pyridine rings is 1. The van der Waals surface area contributed by atoms with E-state index in [4.69, 9.17) is 0 Å². The Hall–Kier alpha value is -2.49. The zero-order chi connectivity index (χ0) is 17.3. The Morgan fingerprint density at radius 2 is 1.83 bits per heavy atom. The van der Waals surface area contributed by atoms with Crippen molar-refractivity contribution < 1.29 is 9.59 Å². The van der Waals surface area contributed by atoms with Gasteiger partial charge in [-0.2, -0.15) is 0 Å². The first kappa shape index (κ1) is 16.4. The number of carbonyl (C=O) groups excluding carboxylic acids is 2. The maximum atomic E-state index is 12.8. The van der Waals surface area contributed by atoms with E-state index in [1.54, 1.807) is 19.9 Å². The van der Waals surface area contributed by atoms with Crippen molar-refractivity contribution in [1.29, 1.82) is 0 Å². The molecule has 0 spiro atoms. The Morgan fingerprint density at radius 1 is 1.12 bits per heavy atom. The number of carbonyl (C=O) groups is 2. The molecule has 0 fully saturated rings. The number of ketones is 1. The van der Waals surface area contributed by atoms with Gasteiger partial charge in [0.1, 0.15) is 0 Å². The number of amides is 1. The number of rotatable bonds is 3. The predicted octanol–water partition coefficient (Wildman–Crippen LogP) is 3.71. The first-order valence-electron chi connectivity index (χ1n) is 8.35. The lowest BCUT2D eigenvalue weighted by Gasteiger charge is -2.26. The molecule has 0 saturated heterocycles. The third-order valence-corrected chi connectivity index (χ3v) is 4.70. The molecule has 0 bridgehead atoms. The Kier molecular flexibility index (Phi) is 4.47. The molecule has 0 aliphatic heterocycles. The number of aromatic nitrogens is 1. The molecular weight excluding hydrogens is 300 g/mol. The van der Waals surface area contributed by atoms with Gasteiger partial charge in [0.05, 0.1) is 17.3 Å². The van der Waals surface area contributed by atoms with E-state index < -0.39 is 0 Å². The van der Waals surface area contributed by atoms with Crippen molar-refractivity contribution in [2.75, 3.05) is 0 Å². The largest absolute Gasteiger partial charge is 0.345 e. The van der Waals surface area contributed by atoms with Gasteiger partial charge in [0.2, 0.25) is 0 Å². The van der Waals surface area contributed by atoms with Gasteiger partial charge in [0.15, 0.2) is 5.78 Å². The number of aryl methyl sites for hydroxylation is 3. The summed E-state index contributed by atoms with van der Waals surface area (Å²) in [6, 6.07) is 9.95. The fourth-order valence-electron chi connectivity index (χ4n) is 3.45. The molecule has 1 aromatic carbocycles. The van der Waals surface area contributed by atoms with Crippen LogP contribution >= 0.6 is 0 Å². The summed E-state index contributed by atoms with van der Waals surface area (Å²) in [5.74, 6) is -0.235. The van der Waals surface area contributed by atoms with Crippen molar-refractivity contribution in [3.63, 3.8) is 0 Å². The number of nitrogens with zero attached hydrogens (tertiary/aromatic N) is 1. The van der Waals surface area contributed by atoms with Gasteiger partial charge in [-0.25, -0.2) is 0 Å². The van der Waals surface area contributed by atoms with Crippen molar-refractivity contribution in [1.82, 2.24) is 10.3 Å². The standard InChI is InChI=1S/C20H22N2O2/c1-12-17(14(3)23)11-18(13(2)21-12)20(24)22-19-10-6-8-15-7-4-5-9-16(15)19/h4-5,7,9,11,19H,6,8,10H2,1-3H3,(H,22,24). The Balaban J connectivity index is 1.89. The van der Waals surface area contributed by atoms with Gasteiger partial charge in [-0.3, -0.25) is 14.6 Å². The lowest BCUT2D eigenvalue weighted by atomic mass is 9.87. The molecule has 1 aliphatic rings. The average Bonchev–Trinajstić information content (AvgIpc) is 2.54. The minimum atomic E-state index is -0.163. The van der Waals surface area contributed by atoms with E-state index in [0.29, 0.717) is 22.5 Å². The number of hydrogen-bond donors (Lipinski definition) is 1. The van der Waals surface area contributed by atoms with Gasteiger partial charge in [0.25, 0.3) is 5.91 Å². The third-order valence-electron chi connectivity index (χ3n) is 4.70. The summed E-state index contributed by atoms with van der Waals surface area (Å²) in [6.07, 6.45) is 3.05. The van der Waals surface area contributed by atoms with Crippen molar-refractivity contribution in [3.8, 4) is 0 Å². The molecule has 0 radical (unpaired) electrons. The summed E-state index contributed by atoms with van der Waals surface area (Å²) < 4.78 is 0. The molecule has 1 atom stereocenters. The number of benzene rings is 1. The van der Waals surface area contributed by atoms with E-state index in [0.717, 1.165) is 19.3 Å². The topological polar surface area (TPSA) is 59.1 Å². The highest BCUT2D eigenvalue weighted by Gasteiger charge is 2.23. The predicted molar refractivity (Wildman–Crippen MR) is 93.3 cm³/mol. The smallest absolute Gasteiger partial charge is 0.253 e. The highest BCUT2D eigenvalue weighted by Crippen LogP contribution is 2.29. The summed E-state index contributed by atoms with van der Waals surface area (Å²) in [6.45, 7) is 5.10. The fraction of sp³-hybridized carbons (Fsp3) is 0.350. The van der Waals surface area contributed by atoms with E-state index in [1.807, 2.05) is 12.1 Å². The molecule has 0 saturated carbocycles. The second-order valence-corrected chi connectivity index (χ2v) is 6.43. The summed E-state index contributed by atoms with van der Waals surface area (Å²) in [5, 5.41) is 3.13. The minimum Gasteiger partial charge on any atom is -0.345 e. The van der Waals surface area contributed by atoms with Crippen molar-refractivity contribution >= 4 is 11.7 Å². The molecule has 1 aromatic heterocycles. The molecule has 3 rings (SSSR count). The second-order valence-electron chi connectivity index (χ2n) is 6.43. The van der Waals surface area contributed by atoms with E-state index >= 15 is 0 Å². The molecule has 2 aromatic rings. The molecular formula is C20H22N2O2. The maximum absolute atomic E-state index is 12.8. The molecule has 1 amide bonds. The van der Waals surface area contributed by atoms with Crippen LogP contribution in [0, 0.1) is 13.8 Å². The SMILES string of the molecule is CC(=O)c1cc(C(=O)NC2CCCc3ccccc32)c(C)nc1C. The van der Waals surface area contributed by atoms with Gasteiger partial charge >= 0.3 is 0 Å². The zero-order valence-electron chi connectivity index (χ0n) is 14.3. The molecule has 24 heavy (non-hydrogen) atoms. The number of fused-ring (bicyclic) bond motifs is 1. The molecule has 1 heterocycles. The summed E-state index contributed by atoms with van der Waals surface area (Å²) in [4.78, 5) is 28.9. The monoisotopic (exact) mass is 322 g/mol. The summed E-state index contributed by atoms with van der Waals surface area (Å²) in [5.41, 5.74) is 4.81. The van der Waals surface area contributed by atoms with Gasteiger partial charge in [-0.15, -0.1) is 0 Å². The van der Waals surface area contributed by atoms with E-state index in [-0.39, 0.29) is 17.7 Å². The Morgan fingerprint density at radius 3 is 2.58 bits per heavy atom. The lowest BCUT2D eigenvalue weighted by Crippen LogP contribution is -2.31. The number of hydrogen-bond acceptors (Lipinski definition) is 3. The molecule has 1 unspecified atom stereocenters. The van der Waals surface area contributed by atoms with Crippen LogP contribution in [0.1, 0.15) is 69.0 Å². The quantitative estimate of drug-likeness (QED) is 0.876. The van der Waals surface area contributed by atoms with Crippen LogP contribution in [0.2, 0.25) is 0 Å². The van der Waals surface area contributed by atoms with Crippen LogP contribution in [-0.2, 0) is 6.42 Å². The van der Waals surface area contributed by atoms with Crippen LogP contribution in [0.4, 0.5) is 0 Å². The van der Waals surface area contributed by atoms with Gasteiger partial charge in [-0.05, 0) is 57.2 Å². The van der Waals surface area contributed by atoms with Gasteiger partial charge in [0, 0.05) is 11.3 Å². The van der Waals surface area contributed by atoms with E-state index in [9.17, 15) is 9.59 Å². The second kappa shape index (κ2) is 6.56. The number of nitrogens with one attached hydrogen (secondary N) is 1. The molecule has 124 valence electrons. The van der Waals surface area contributed by atoms with Crippen molar-refractivity contribution in [3.05, 3.63) is 64.0 Å². The van der Waals surface area contributed by atoms with Crippen molar-refractivity contribution in [2.24, 2.45) is 0 Å². The zero-order valence-corrected chi connectivity index (χ0v) is 14.3. The maximum Gasteiger partial charge on any atom is 0.253 e. The highest BCUT2D eigenvalue weighted by molar-refractivity contribution is 6.00.